The van der Waals surface area contributed by atoms with Gasteiger partial charge in [-0.3, -0.25) is 9.59 Å². The van der Waals surface area contributed by atoms with Crippen LogP contribution in [-0.4, -0.2) is 35.3 Å². The van der Waals surface area contributed by atoms with Gasteiger partial charge in [-0.1, -0.05) is 18.2 Å². The second kappa shape index (κ2) is 7.47. The minimum atomic E-state index is -0.526. The van der Waals surface area contributed by atoms with Gasteiger partial charge in [-0.15, -0.1) is 0 Å². The number of hydrogen-bond acceptors (Lipinski definition) is 3. The Hall–Kier alpha value is -2.95. The Labute approximate surface area is 170 Å². The zero-order chi connectivity index (χ0) is 20.6. The highest BCUT2D eigenvalue weighted by Gasteiger charge is 2.43. The molecule has 4 rings (SSSR count). The molecule has 0 aromatic heterocycles. The molecule has 5 heteroatoms. The SMILES string of the molecule is Cc1cc(C)c2c(c1)C(=O)CC1(CCN(C(=O)/C=C/c3ccc(F)cc3)CC1)O2. The number of hydrogen-bond donors (Lipinski definition) is 0. The molecule has 0 radical (unpaired) electrons. The van der Waals surface area contributed by atoms with E-state index in [-0.39, 0.29) is 17.5 Å². The molecule has 29 heavy (non-hydrogen) atoms. The van der Waals surface area contributed by atoms with Crippen LogP contribution in [0.25, 0.3) is 6.08 Å². The molecule has 2 aliphatic heterocycles. The van der Waals surface area contributed by atoms with Crippen LogP contribution in [-0.2, 0) is 4.79 Å². The normalized spacial score (nSPS) is 18.0. The van der Waals surface area contributed by atoms with E-state index in [9.17, 15) is 14.0 Å². The van der Waals surface area contributed by atoms with Gasteiger partial charge in [0.2, 0.25) is 5.91 Å². The van der Waals surface area contributed by atoms with E-state index < -0.39 is 5.60 Å². The third-order valence-corrected chi connectivity index (χ3v) is 5.80. The summed E-state index contributed by atoms with van der Waals surface area (Å²) in [5, 5.41) is 0. The van der Waals surface area contributed by atoms with Gasteiger partial charge in [-0.2, -0.15) is 0 Å². The van der Waals surface area contributed by atoms with Gasteiger partial charge in [0.1, 0.15) is 17.2 Å². The first kappa shape index (κ1) is 19.4. The summed E-state index contributed by atoms with van der Waals surface area (Å²) in [4.78, 5) is 27.1. The van der Waals surface area contributed by atoms with Crippen LogP contribution in [0.15, 0.2) is 42.5 Å². The first-order valence-electron chi connectivity index (χ1n) is 9.91. The lowest BCUT2D eigenvalue weighted by molar-refractivity contribution is -0.129. The number of likely N-dealkylation sites (tertiary alicyclic amines) is 1. The predicted molar refractivity (Wildman–Crippen MR) is 109 cm³/mol. The topological polar surface area (TPSA) is 46.6 Å². The summed E-state index contributed by atoms with van der Waals surface area (Å²) in [5.74, 6) is 0.430. The van der Waals surface area contributed by atoms with E-state index in [0.717, 1.165) is 16.7 Å². The molecule has 0 aliphatic carbocycles. The lowest BCUT2D eigenvalue weighted by atomic mass is 9.81. The number of rotatable bonds is 2. The molecule has 2 heterocycles. The smallest absolute Gasteiger partial charge is 0.246 e. The van der Waals surface area contributed by atoms with E-state index in [1.165, 1.54) is 18.2 Å². The summed E-state index contributed by atoms with van der Waals surface area (Å²) in [6.45, 7) is 5.03. The fourth-order valence-corrected chi connectivity index (χ4v) is 4.20. The largest absolute Gasteiger partial charge is 0.486 e. The summed E-state index contributed by atoms with van der Waals surface area (Å²) >= 11 is 0. The number of carbonyl (C=O) groups excluding carboxylic acids is 2. The zero-order valence-electron chi connectivity index (χ0n) is 16.7. The van der Waals surface area contributed by atoms with Gasteiger partial charge < -0.3 is 9.64 Å². The molecule has 0 unspecified atom stereocenters. The average molecular weight is 393 g/mol. The maximum atomic E-state index is 13.0. The second-order valence-electron chi connectivity index (χ2n) is 8.05. The molecule has 2 aromatic carbocycles. The standard InChI is InChI=1S/C24H24FNO3/c1-16-13-17(2)23-20(14-16)21(27)15-24(29-23)9-11-26(12-10-24)22(28)8-5-18-3-6-19(25)7-4-18/h3-8,13-14H,9-12,15H2,1-2H3/b8-5+. The summed E-state index contributed by atoms with van der Waals surface area (Å²) in [6.07, 6.45) is 4.81. The van der Waals surface area contributed by atoms with E-state index in [0.29, 0.717) is 43.7 Å². The van der Waals surface area contributed by atoms with Crippen LogP contribution >= 0.6 is 0 Å². The first-order chi connectivity index (χ1) is 13.8. The Morgan fingerprint density at radius 3 is 2.52 bits per heavy atom. The predicted octanol–water partition coefficient (Wildman–Crippen LogP) is 4.48. The molecule has 0 N–H and O–H groups in total. The quantitative estimate of drug-likeness (QED) is 0.707. The minimum absolute atomic E-state index is 0.0847. The Morgan fingerprint density at radius 2 is 1.83 bits per heavy atom. The van der Waals surface area contributed by atoms with Crippen LogP contribution in [0, 0.1) is 19.7 Å². The lowest BCUT2D eigenvalue weighted by Crippen LogP contribution is -2.52. The minimum Gasteiger partial charge on any atom is -0.486 e. The van der Waals surface area contributed by atoms with E-state index in [4.69, 9.17) is 4.74 Å². The van der Waals surface area contributed by atoms with E-state index in [1.54, 1.807) is 23.1 Å². The van der Waals surface area contributed by atoms with Crippen LogP contribution in [0.3, 0.4) is 0 Å². The molecule has 4 nitrogen and oxygen atoms in total. The third kappa shape index (κ3) is 3.95. The highest BCUT2D eigenvalue weighted by atomic mass is 19.1. The Bertz CT molecular complexity index is 986. The maximum absolute atomic E-state index is 13.0. The van der Waals surface area contributed by atoms with Crippen LogP contribution in [0.4, 0.5) is 4.39 Å². The third-order valence-electron chi connectivity index (χ3n) is 5.80. The van der Waals surface area contributed by atoms with Crippen LogP contribution < -0.4 is 4.74 Å². The summed E-state index contributed by atoms with van der Waals surface area (Å²) in [7, 11) is 0. The molecule has 1 amide bonds. The molecular formula is C24H24FNO3. The average Bonchev–Trinajstić information content (AvgIpc) is 2.69. The molecule has 150 valence electrons. The molecule has 1 saturated heterocycles. The molecule has 2 aliphatic rings. The number of nitrogens with zero attached hydrogens (tertiary/aromatic N) is 1. The molecule has 1 spiro atoms. The lowest BCUT2D eigenvalue weighted by Gasteiger charge is -2.44. The van der Waals surface area contributed by atoms with Crippen LogP contribution in [0.2, 0.25) is 0 Å². The zero-order valence-corrected chi connectivity index (χ0v) is 16.7. The van der Waals surface area contributed by atoms with Gasteiger partial charge in [0.25, 0.3) is 0 Å². The first-order valence-corrected chi connectivity index (χ1v) is 9.91. The molecular weight excluding hydrogens is 369 g/mol. The fraction of sp³-hybridized carbons (Fsp3) is 0.333. The van der Waals surface area contributed by atoms with Crippen molar-refractivity contribution >= 4 is 17.8 Å². The Balaban J connectivity index is 1.43. The van der Waals surface area contributed by atoms with Gasteiger partial charge in [-0.25, -0.2) is 4.39 Å². The van der Waals surface area contributed by atoms with Crippen molar-refractivity contribution < 1.29 is 18.7 Å². The molecule has 2 aromatic rings. The van der Waals surface area contributed by atoms with E-state index in [2.05, 4.69) is 0 Å². The fourth-order valence-electron chi connectivity index (χ4n) is 4.20. The van der Waals surface area contributed by atoms with E-state index in [1.807, 2.05) is 26.0 Å². The summed E-state index contributed by atoms with van der Waals surface area (Å²) < 4.78 is 19.4. The van der Waals surface area contributed by atoms with Gasteiger partial charge in [0.05, 0.1) is 12.0 Å². The molecule has 0 saturated carbocycles. The maximum Gasteiger partial charge on any atom is 0.246 e. The van der Waals surface area contributed by atoms with Crippen molar-refractivity contribution in [2.45, 2.75) is 38.7 Å². The summed E-state index contributed by atoms with van der Waals surface area (Å²) in [5.41, 5.74) is 2.96. The molecule has 0 atom stereocenters. The van der Waals surface area contributed by atoms with Crippen molar-refractivity contribution in [1.82, 2.24) is 4.90 Å². The Kier molecular flexibility index (Phi) is 4.99. The van der Waals surface area contributed by atoms with Crippen molar-refractivity contribution in [2.24, 2.45) is 0 Å². The van der Waals surface area contributed by atoms with Gasteiger partial charge in [0, 0.05) is 32.0 Å². The van der Waals surface area contributed by atoms with Crippen molar-refractivity contribution in [2.75, 3.05) is 13.1 Å². The van der Waals surface area contributed by atoms with Gasteiger partial charge in [-0.05, 0) is 54.8 Å². The number of amides is 1. The summed E-state index contributed by atoms with van der Waals surface area (Å²) in [6, 6.07) is 9.93. The van der Waals surface area contributed by atoms with Gasteiger partial charge in [0.15, 0.2) is 5.78 Å². The van der Waals surface area contributed by atoms with Gasteiger partial charge >= 0.3 is 0 Å². The van der Waals surface area contributed by atoms with Crippen molar-refractivity contribution in [3.63, 3.8) is 0 Å². The number of Topliss-reactive ketones (excluding diaryl/α,β-unsaturated/α-hetero) is 1. The number of benzene rings is 2. The molecule has 0 bridgehead atoms. The van der Waals surface area contributed by atoms with Crippen molar-refractivity contribution in [3.8, 4) is 5.75 Å². The number of piperidine rings is 1. The number of halogens is 1. The van der Waals surface area contributed by atoms with E-state index >= 15 is 0 Å². The Morgan fingerprint density at radius 1 is 1.14 bits per heavy atom. The second-order valence-corrected chi connectivity index (χ2v) is 8.05. The number of ketones is 1. The highest BCUT2D eigenvalue weighted by Crippen LogP contribution is 2.41. The van der Waals surface area contributed by atoms with Crippen LogP contribution in [0.5, 0.6) is 5.75 Å². The number of carbonyl (C=O) groups is 2. The monoisotopic (exact) mass is 393 g/mol. The van der Waals surface area contributed by atoms with Crippen molar-refractivity contribution in [1.29, 1.82) is 0 Å². The molecule has 1 fully saturated rings. The number of fused-ring (bicyclic) bond motifs is 1. The number of aryl methyl sites for hydroxylation is 2. The van der Waals surface area contributed by atoms with Crippen LogP contribution in [0.1, 0.15) is 46.3 Å². The number of ether oxygens (including phenoxy) is 1. The highest BCUT2D eigenvalue weighted by molar-refractivity contribution is 6.01. The van der Waals surface area contributed by atoms with Crippen molar-refractivity contribution in [3.05, 3.63) is 70.5 Å².